The minimum absolute atomic E-state index is 0.230. The molecule has 110 valence electrons. The molecule has 8 heteroatoms. The Morgan fingerprint density at radius 3 is 2.45 bits per heavy atom. The van der Waals surface area contributed by atoms with Crippen LogP contribution in [-0.4, -0.2) is 46.5 Å². The Hall–Kier alpha value is -0.435. The summed E-state index contributed by atoms with van der Waals surface area (Å²) >= 11 is 3.57. The Labute approximate surface area is 127 Å². The predicted octanol–water partition coefficient (Wildman–Crippen LogP) is 1.30. The summed E-state index contributed by atoms with van der Waals surface area (Å²) in [5.41, 5.74) is -0.0649. The summed E-state index contributed by atoms with van der Waals surface area (Å²) in [6.07, 6.45) is 0.949. The molecule has 2 fully saturated rings. The van der Waals surface area contributed by atoms with Crippen LogP contribution in [0, 0.1) is 0 Å². The van der Waals surface area contributed by atoms with Crippen LogP contribution in [0.4, 0.5) is 0 Å². The fourth-order valence-electron chi connectivity index (χ4n) is 2.34. The molecule has 2 aliphatic rings. The van der Waals surface area contributed by atoms with Gasteiger partial charge in [0.25, 0.3) is 0 Å². The lowest BCUT2D eigenvalue weighted by Gasteiger charge is -2.32. The summed E-state index contributed by atoms with van der Waals surface area (Å²) in [7, 11) is -0.495. The van der Waals surface area contributed by atoms with Gasteiger partial charge in [-0.3, -0.25) is 0 Å². The van der Waals surface area contributed by atoms with E-state index in [2.05, 4.69) is 26.2 Å². The van der Waals surface area contributed by atoms with Gasteiger partial charge in [0.05, 0.1) is 23.9 Å². The van der Waals surface area contributed by atoms with Crippen LogP contribution < -0.4 is 5.59 Å². The molecule has 2 saturated heterocycles. The van der Waals surface area contributed by atoms with E-state index in [9.17, 15) is 0 Å². The molecule has 3 heterocycles. The fourth-order valence-corrected chi connectivity index (χ4v) is 2.97. The zero-order chi connectivity index (χ0) is 14.5. The van der Waals surface area contributed by atoms with Gasteiger partial charge in [0.2, 0.25) is 0 Å². The van der Waals surface area contributed by atoms with E-state index in [0.717, 1.165) is 17.6 Å². The van der Waals surface area contributed by atoms with Crippen molar-refractivity contribution >= 4 is 28.6 Å². The lowest BCUT2D eigenvalue weighted by Crippen LogP contribution is -2.41. The SMILES string of the molecule is CC1(C)OB(c2nnn(C3CCOC3)c2Br)OC1(C)C. The Morgan fingerprint density at radius 1 is 1.25 bits per heavy atom. The molecule has 3 rings (SSSR count). The summed E-state index contributed by atoms with van der Waals surface area (Å²) in [5, 5.41) is 8.45. The number of rotatable bonds is 2. The number of aromatic nitrogens is 3. The van der Waals surface area contributed by atoms with Gasteiger partial charge < -0.3 is 14.0 Å². The van der Waals surface area contributed by atoms with Crippen molar-refractivity contribution < 1.29 is 14.0 Å². The van der Waals surface area contributed by atoms with Gasteiger partial charge in [-0.15, -0.1) is 5.10 Å². The van der Waals surface area contributed by atoms with E-state index in [1.165, 1.54) is 0 Å². The molecule has 0 aromatic carbocycles. The summed E-state index contributed by atoms with van der Waals surface area (Å²) in [4.78, 5) is 0. The number of ether oxygens (including phenoxy) is 1. The van der Waals surface area contributed by atoms with E-state index in [4.69, 9.17) is 14.0 Å². The van der Waals surface area contributed by atoms with Crippen LogP contribution in [0.1, 0.15) is 40.2 Å². The van der Waals surface area contributed by atoms with Crippen LogP contribution in [0.15, 0.2) is 4.60 Å². The third-order valence-corrected chi connectivity index (χ3v) is 5.16. The second kappa shape index (κ2) is 4.79. The molecule has 0 saturated carbocycles. The molecule has 1 aromatic heterocycles. The third kappa shape index (κ3) is 2.22. The lowest BCUT2D eigenvalue weighted by molar-refractivity contribution is 0.00578. The van der Waals surface area contributed by atoms with Crippen molar-refractivity contribution in [2.75, 3.05) is 13.2 Å². The first-order valence-corrected chi connectivity index (χ1v) is 7.65. The molecule has 2 aliphatic heterocycles. The molecular formula is C12H19BBrN3O3. The number of hydrogen-bond donors (Lipinski definition) is 0. The quantitative estimate of drug-likeness (QED) is 0.757. The summed E-state index contributed by atoms with van der Waals surface area (Å²) in [6.45, 7) is 9.53. The molecular weight excluding hydrogens is 325 g/mol. The topological polar surface area (TPSA) is 58.4 Å². The summed E-state index contributed by atoms with van der Waals surface area (Å²) < 4.78 is 20.1. The second-order valence-electron chi connectivity index (χ2n) is 6.32. The molecule has 0 spiro atoms. The van der Waals surface area contributed by atoms with Gasteiger partial charge in [0.1, 0.15) is 10.2 Å². The van der Waals surface area contributed by atoms with Crippen molar-refractivity contribution in [2.45, 2.75) is 51.4 Å². The largest absolute Gasteiger partial charge is 0.519 e. The maximum atomic E-state index is 6.01. The standard InChI is InChI=1S/C12H19BBrN3O3/c1-11(2)12(3,4)20-13(19-11)9-10(14)17(16-15-9)8-5-6-18-7-8/h8H,5-7H2,1-4H3. The predicted molar refractivity (Wildman–Crippen MR) is 77.9 cm³/mol. The smallest absolute Gasteiger partial charge is 0.398 e. The Bertz CT molecular complexity index is 498. The minimum atomic E-state index is -0.495. The highest BCUT2D eigenvalue weighted by atomic mass is 79.9. The van der Waals surface area contributed by atoms with Crippen LogP contribution in [0.2, 0.25) is 0 Å². The van der Waals surface area contributed by atoms with Crippen molar-refractivity contribution in [3.05, 3.63) is 4.60 Å². The van der Waals surface area contributed by atoms with Crippen LogP contribution in [0.5, 0.6) is 0 Å². The van der Waals surface area contributed by atoms with Crippen LogP contribution >= 0.6 is 15.9 Å². The zero-order valence-electron chi connectivity index (χ0n) is 12.2. The minimum Gasteiger partial charge on any atom is -0.398 e. The summed E-state index contributed by atoms with van der Waals surface area (Å²) in [5.74, 6) is 0. The first-order valence-electron chi connectivity index (χ1n) is 6.86. The van der Waals surface area contributed by atoms with E-state index in [1.807, 2.05) is 32.4 Å². The van der Waals surface area contributed by atoms with Gasteiger partial charge in [0, 0.05) is 6.61 Å². The third-order valence-electron chi connectivity index (χ3n) is 4.39. The molecule has 0 N–H and O–H groups in total. The lowest BCUT2D eigenvalue weighted by atomic mass is 9.86. The van der Waals surface area contributed by atoms with Gasteiger partial charge in [-0.2, -0.15) is 0 Å². The Morgan fingerprint density at radius 2 is 1.90 bits per heavy atom. The number of hydrogen-bond acceptors (Lipinski definition) is 5. The van der Waals surface area contributed by atoms with Crippen molar-refractivity contribution in [1.82, 2.24) is 15.0 Å². The van der Waals surface area contributed by atoms with Gasteiger partial charge >= 0.3 is 7.12 Å². The average molecular weight is 344 g/mol. The van der Waals surface area contributed by atoms with E-state index < -0.39 is 7.12 Å². The van der Waals surface area contributed by atoms with Crippen LogP contribution in [0.25, 0.3) is 0 Å². The van der Waals surface area contributed by atoms with E-state index >= 15 is 0 Å². The highest BCUT2D eigenvalue weighted by Gasteiger charge is 2.53. The Balaban J connectivity index is 1.86. The van der Waals surface area contributed by atoms with Gasteiger partial charge in [-0.25, -0.2) is 4.68 Å². The number of nitrogens with zero attached hydrogens (tertiary/aromatic N) is 3. The summed E-state index contributed by atoms with van der Waals surface area (Å²) in [6, 6.07) is 0.230. The molecule has 0 radical (unpaired) electrons. The maximum Gasteiger partial charge on any atom is 0.519 e. The Kier molecular flexibility index (Phi) is 3.48. The molecule has 6 nitrogen and oxygen atoms in total. The van der Waals surface area contributed by atoms with Gasteiger partial charge in [-0.05, 0) is 50.0 Å². The van der Waals surface area contributed by atoms with E-state index in [1.54, 1.807) is 0 Å². The first-order chi connectivity index (χ1) is 9.32. The van der Waals surface area contributed by atoms with Crippen molar-refractivity contribution in [3.63, 3.8) is 0 Å². The highest BCUT2D eigenvalue weighted by molar-refractivity contribution is 9.10. The zero-order valence-corrected chi connectivity index (χ0v) is 13.8. The second-order valence-corrected chi connectivity index (χ2v) is 7.07. The molecule has 1 aromatic rings. The fraction of sp³-hybridized carbons (Fsp3) is 0.833. The molecule has 0 amide bonds. The molecule has 0 aliphatic carbocycles. The van der Waals surface area contributed by atoms with Crippen LogP contribution in [0.3, 0.4) is 0 Å². The van der Waals surface area contributed by atoms with Gasteiger partial charge in [-0.1, -0.05) is 5.21 Å². The maximum absolute atomic E-state index is 6.01. The normalized spacial score (nSPS) is 28.2. The molecule has 1 atom stereocenters. The first kappa shape index (κ1) is 14.5. The van der Waals surface area contributed by atoms with Gasteiger partial charge in [0.15, 0.2) is 0 Å². The van der Waals surface area contributed by atoms with E-state index in [0.29, 0.717) is 12.2 Å². The van der Waals surface area contributed by atoms with Crippen molar-refractivity contribution in [1.29, 1.82) is 0 Å². The van der Waals surface area contributed by atoms with Crippen LogP contribution in [-0.2, 0) is 14.0 Å². The molecule has 20 heavy (non-hydrogen) atoms. The van der Waals surface area contributed by atoms with Crippen molar-refractivity contribution in [3.8, 4) is 0 Å². The highest BCUT2D eigenvalue weighted by Crippen LogP contribution is 2.37. The molecule has 1 unspecified atom stereocenters. The van der Waals surface area contributed by atoms with Crippen molar-refractivity contribution in [2.24, 2.45) is 0 Å². The van der Waals surface area contributed by atoms with E-state index in [-0.39, 0.29) is 17.2 Å². The number of halogens is 1. The monoisotopic (exact) mass is 343 g/mol. The molecule has 0 bridgehead atoms. The average Bonchev–Trinajstić information content (AvgIpc) is 2.99.